The Bertz CT molecular complexity index is 1030. The van der Waals surface area contributed by atoms with E-state index in [-0.39, 0.29) is 10.6 Å². The average molecular weight is 893 g/mol. The number of nitrogens with zero attached hydrogens (tertiary/aromatic N) is 2. The Kier molecular flexibility index (Phi) is 52.1. The molecule has 372 valence electrons. The van der Waals surface area contributed by atoms with Crippen molar-refractivity contribution in [1.29, 1.82) is 0 Å². The van der Waals surface area contributed by atoms with Crippen LogP contribution in [0.15, 0.2) is 12.3 Å². The first-order chi connectivity index (χ1) is 30.9. The second kappa shape index (κ2) is 52.3. The highest BCUT2D eigenvalue weighted by Gasteiger charge is 2.14. The number of unbranched alkanes of at least 4 members (excludes halogenated alkanes) is 25. The van der Waals surface area contributed by atoms with Crippen LogP contribution in [0.4, 0.5) is 11.5 Å². The van der Waals surface area contributed by atoms with Crippen molar-refractivity contribution in [2.75, 3.05) is 45.7 Å². The number of hydrogen-bond donors (Lipinski definition) is 2. The maximum Gasteiger partial charge on any atom is 0.310 e. The molecular formula is C53H104N4O6. The van der Waals surface area contributed by atoms with Crippen LogP contribution in [0.1, 0.15) is 252 Å². The highest BCUT2D eigenvalue weighted by molar-refractivity contribution is 5.56. The molecule has 0 saturated carbocycles. The zero-order valence-electron chi connectivity index (χ0n) is 42.4. The molecule has 0 aliphatic heterocycles. The van der Waals surface area contributed by atoms with E-state index in [1.807, 2.05) is 14.2 Å². The maximum absolute atomic E-state index is 11.0. The summed E-state index contributed by atoms with van der Waals surface area (Å²) < 4.78 is 10.9. The Labute approximate surface area is 389 Å². The zero-order chi connectivity index (χ0) is 46.7. The van der Waals surface area contributed by atoms with Crippen molar-refractivity contribution in [3.8, 4) is 0 Å². The summed E-state index contributed by atoms with van der Waals surface area (Å²) in [6.45, 7) is 12.8. The molecule has 0 radical (unpaired) electrons. The number of carbonyl (C=O) groups excluding carboxylic acids is 2. The largest absolute Gasteiger partial charge is 0.381 e. The summed E-state index contributed by atoms with van der Waals surface area (Å²) in [5.41, 5.74) is 0.0843. The Hall–Kier alpha value is -2.30. The predicted molar refractivity (Wildman–Crippen MR) is 270 cm³/mol. The van der Waals surface area contributed by atoms with Crippen LogP contribution in [0.3, 0.4) is 0 Å². The molecule has 0 aliphatic rings. The van der Waals surface area contributed by atoms with Gasteiger partial charge in [-0.25, -0.2) is 0 Å². The molecule has 63 heavy (non-hydrogen) atoms. The minimum Gasteiger partial charge on any atom is -0.381 e. The standard InChI is InChI=1S/C23H40N4O4.C18H38O.C12H26O/c28-20-11-7-3-1-5-9-17-26(18-10-6-2-4-8-12-21-29)19-13-15-24-23-22(27(30)31)14-16-25-23;1-4-6-8-10-12-14-16-18(19-3)17-15-13-11-9-7-5-2;1-4-6-7-8-9-10-11-12(5-2)13-3/h14,16,20-21,24-25H,1-13,15,17-19H2;18H,4-17H2,1-3H3;12H,4-11H2,1-3H3. The van der Waals surface area contributed by atoms with Crippen LogP contribution >= 0.6 is 0 Å². The summed E-state index contributed by atoms with van der Waals surface area (Å²) in [5, 5.41) is 14.1. The lowest BCUT2D eigenvalue weighted by atomic mass is 10.0. The maximum atomic E-state index is 11.0. The average Bonchev–Trinajstić information content (AvgIpc) is 3.78. The molecule has 1 aromatic rings. The Morgan fingerprint density at radius 1 is 0.571 bits per heavy atom. The van der Waals surface area contributed by atoms with Gasteiger partial charge in [0.25, 0.3) is 0 Å². The monoisotopic (exact) mass is 893 g/mol. The number of H-pyrrole nitrogens is 1. The highest BCUT2D eigenvalue weighted by Crippen LogP contribution is 2.22. The second-order valence-corrected chi connectivity index (χ2v) is 17.9. The van der Waals surface area contributed by atoms with E-state index in [9.17, 15) is 19.7 Å². The van der Waals surface area contributed by atoms with Gasteiger partial charge in [-0.2, -0.15) is 0 Å². The third-order valence-corrected chi connectivity index (χ3v) is 12.2. The lowest BCUT2D eigenvalue weighted by Gasteiger charge is -2.22. The van der Waals surface area contributed by atoms with Crippen molar-refractivity contribution in [1.82, 2.24) is 9.88 Å². The lowest BCUT2D eigenvalue weighted by Crippen LogP contribution is -2.28. The molecule has 0 aliphatic carbocycles. The lowest BCUT2D eigenvalue weighted by molar-refractivity contribution is -0.383. The molecule has 0 amide bonds. The molecule has 1 heterocycles. The van der Waals surface area contributed by atoms with Crippen LogP contribution in [0, 0.1) is 10.1 Å². The van der Waals surface area contributed by atoms with Crippen LogP contribution in [0.5, 0.6) is 0 Å². The van der Waals surface area contributed by atoms with Gasteiger partial charge in [-0.15, -0.1) is 0 Å². The van der Waals surface area contributed by atoms with Gasteiger partial charge < -0.3 is 34.3 Å². The van der Waals surface area contributed by atoms with Gasteiger partial charge in [-0.05, 0) is 77.4 Å². The number of carbonyl (C=O) groups is 2. The molecule has 1 aromatic heterocycles. The Morgan fingerprint density at radius 2 is 0.952 bits per heavy atom. The van der Waals surface area contributed by atoms with Gasteiger partial charge in [0.15, 0.2) is 5.82 Å². The molecule has 0 spiro atoms. The van der Waals surface area contributed by atoms with Gasteiger partial charge in [0.2, 0.25) is 0 Å². The van der Waals surface area contributed by atoms with Crippen LogP contribution in [-0.4, -0.2) is 80.0 Å². The SMILES string of the molecule is CCCCCCCCC(CC)OC.CCCCCCCCC(CCCCCCCC)OC.O=CCCCCCCCN(CCCCCCCC=O)CCCNc1[nH]ccc1[N+](=O)[O-]. The van der Waals surface area contributed by atoms with E-state index in [2.05, 4.69) is 42.9 Å². The normalized spacial score (nSPS) is 11.6. The fraction of sp³-hybridized carbons (Fsp3) is 0.887. The molecule has 1 rings (SSSR count). The van der Waals surface area contributed by atoms with E-state index in [4.69, 9.17) is 9.47 Å². The molecule has 0 fully saturated rings. The van der Waals surface area contributed by atoms with Crippen molar-refractivity contribution >= 4 is 24.1 Å². The van der Waals surface area contributed by atoms with Crippen molar-refractivity contribution in [3.63, 3.8) is 0 Å². The molecule has 1 atom stereocenters. The fourth-order valence-corrected chi connectivity index (χ4v) is 8.02. The number of nitrogens with one attached hydrogen (secondary N) is 2. The van der Waals surface area contributed by atoms with Crippen molar-refractivity contribution in [2.45, 2.75) is 265 Å². The van der Waals surface area contributed by atoms with E-state index < -0.39 is 0 Å². The van der Waals surface area contributed by atoms with Gasteiger partial charge in [-0.3, -0.25) is 10.1 Å². The Balaban J connectivity index is 0. The Morgan fingerprint density at radius 3 is 1.35 bits per heavy atom. The van der Waals surface area contributed by atoms with E-state index >= 15 is 0 Å². The smallest absolute Gasteiger partial charge is 0.310 e. The van der Waals surface area contributed by atoms with Crippen LogP contribution in [0.25, 0.3) is 0 Å². The topological polar surface area (TPSA) is 127 Å². The minimum absolute atomic E-state index is 0.0843. The predicted octanol–water partition coefficient (Wildman–Crippen LogP) is 15.8. The number of ether oxygens (including phenoxy) is 2. The molecule has 0 aromatic carbocycles. The van der Waals surface area contributed by atoms with Gasteiger partial charge in [0.05, 0.1) is 17.1 Å². The molecule has 10 heteroatoms. The van der Waals surface area contributed by atoms with Crippen LogP contribution in [0.2, 0.25) is 0 Å². The summed E-state index contributed by atoms with van der Waals surface area (Å²) in [7, 11) is 3.71. The van der Waals surface area contributed by atoms with Crippen molar-refractivity contribution in [2.24, 2.45) is 0 Å². The first-order valence-electron chi connectivity index (χ1n) is 26.6. The summed E-state index contributed by atoms with van der Waals surface area (Å²) >= 11 is 0. The van der Waals surface area contributed by atoms with E-state index in [1.54, 1.807) is 6.20 Å². The summed E-state index contributed by atoms with van der Waals surface area (Å²) in [6, 6.07) is 1.47. The zero-order valence-corrected chi connectivity index (χ0v) is 42.4. The molecule has 2 N–H and O–H groups in total. The van der Waals surface area contributed by atoms with Gasteiger partial charge in [-0.1, -0.05) is 182 Å². The first-order valence-corrected chi connectivity index (χ1v) is 26.6. The summed E-state index contributed by atoms with van der Waals surface area (Å²) in [6.07, 6.45) is 48.1. The third kappa shape index (κ3) is 44.7. The molecule has 0 bridgehead atoms. The first kappa shape index (κ1) is 62.8. The number of anilines is 1. The minimum atomic E-state index is -0.380. The molecule has 10 nitrogen and oxygen atoms in total. The van der Waals surface area contributed by atoms with E-state index in [0.717, 1.165) is 83.6 Å². The van der Waals surface area contributed by atoms with Gasteiger partial charge in [0, 0.05) is 45.9 Å². The van der Waals surface area contributed by atoms with E-state index in [1.165, 1.54) is 167 Å². The van der Waals surface area contributed by atoms with Gasteiger partial charge >= 0.3 is 5.69 Å². The number of rotatable bonds is 46. The van der Waals surface area contributed by atoms with Gasteiger partial charge in [0.1, 0.15) is 12.6 Å². The molecule has 1 unspecified atom stereocenters. The number of nitro groups is 1. The number of aldehydes is 2. The number of methoxy groups -OCH3 is 2. The number of hydrogen-bond acceptors (Lipinski definition) is 8. The molecular weight excluding hydrogens is 789 g/mol. The van der Waals surface area contributed by atoms with Crippen molar-refractivity contribution < 1.29 is 24.0 Å². The van der Waals surface area contributed by atoms with E-state index in [0.29, 0.717) is 37.4 Å². The highest BCUT2D eigenvalue weighted by atomic mass is 16.6. The summed E-state index contributed by atoms with van der Waals surface area (Å²) in [4.78, 5) is 36.7. The number of aromatic amines is 1. The quantitative estimate of drug-likeness (QED) is 0.0287. The van der Waals surface area contributed by atoms with Crippen LogP contribution in [-0.2, 0) is 19.1 Å². The van der Waals surface area contributed by atoms with Crippen LogP contribution < -0.4 is 5.32 Å². The second-order valence-electron chi connectivity index (χ2n) is 17.9. The third-order valence-electron chi connectivity index (χ3n) is 12.2. The summed E-state index contributed by atoms with van der Waals surface area (Å²) in [5.74, 6) is 0.474. The molecule has 0 saturated heterocycles. The van der Waals surface area contributed by atoms with Crippen molar-refractivity contribution in [3.05, 3.63) is 22.4 Å². The number of aromatic nitrogens is 1. The fourth-order valence-electron chi connectivity index (χ4n) is 8.02.